The molecule has 58 valence electrons. The fourth-order valence-corrected chi connectivity index (χ4v) is 1.54. The second-order valence-electron chi connectivity index (χ2n) is 2.51. The van der Waals surface area contributed by atoms with E-state index < -0.39 is 0 Å². The summed E-state index contributed by atoms with van der Waals surface area (Å²) in [6.45, 7) is 5.34. The van der Waals surface area contributed by atoms with Gasteiger partial charge in [-0.3, -0.25) is 3.11 Å². The van der Waals surface area contributed by atoms with Crippen LogP contribution in [0.3, 0.4) is 0 Å². The highest BCUT2D eigenvalue weighted by Crippen LogP contribution is 2.20. The van der Waals surface area contributed by atoms with Gasteiger partial charge in [0.15, 0.2) is 0 Å². The quantitative estimate of drug-likeness (QED) is 0.598. The summed E-state index contributed by atoms with van der Waals surface area (Å²) in [5.74, 6) is 0. The SMILES string of the molecule is CCCC1=C(C)N(I)CN1. The van der Waals surface area contributed by atoms with Crippen molar-refractivity contribution >= 4 is 22.9 Å². The molecule has 0 radical (unpaired) electrons. The second kappa shape index (κ2) is 3.46. The van der Waals surface area contributed by atoms with Crippen LogP contribution >= 0.6 is 22.9 Å². The molecule has 0 fully saturated rings. The molecular weight excluding hydrogens is 239 g/mol. The van der Waals surface area contributed by atoms with Gasteiger partial charge in [-0.25, -0.2) is 0 Å². The maximum Gasteiger partial charge on any atom is 0.0967 e. The van der Waals surface area contributed by atoms with Gasteiger partial charge in [-0.1, -0.05) is 13.3 Å². The van der Waals surface area contributed by atoms with Crippen LogP contribution < -0.4 is 5.32 Å². The van der Waals surface area contributed by atoms with E-state index in [1.165, 1.54) is 24.2 Å². The summed E-state index contributed by atoms with van der Waals surface area (Å²) in [5, 5.41) is 3.36. The monoisotopic (exact) mass is 252 g/mol. The molecule has 0 bridgehead atoms. The van der Waals surface area contributed by atoms with Gasteiger partial charge < -0.3 is 5.32 Å². The zero-order valence-electron chi connectivity index (χ0n) is 6.45. The van der Waals surface area contributed by atoms with Crippen molar-refractivity contribution in [1.29, 1.82) is 0 Å². The lowest BCUT2D eigenvalue weighted by Crippen LogP contribution is -2.13. The maximum absolute atomic E-state index is 3.36. The van der Waals surface area contributed by atoms with Crippen molar-refractivity contribution in [2.45, 2.75) is 26.7 Å². The van der Waals surface area contributed by atoms with Crippen LogP contribution in [0.5, 0.6) is 0 Å². The molecule has 0 unspecified atom stereocenters. The Morgan fingerprint density at radius 1 is 1.70 bits per heavy atom. The highest BCUT2D eigenvalue weighted by molar-refractivity contribution is 14.1. The molecule has 1 aliphatic rings. The van der Waals surface area contributed by atoms with Crippen LogP contribution in [-0.4, -0.2) is 9.78 Å². The van der Waals surface area contributed by atoms with E-state index in [2.05, 4.69) is 45.1 Å². The fraction of sp³-hybridized carbons (Fsp3) is 0.714. The molecule has 0 amide bonds. The Morgan fingerprint density at radius 3 is 2.80 bits per heavy atom. The van der Waals surface area contributed by atoms with E-state index >= 15 is 0 Å². The molecule has 0 saturated carbocycles. The molecular formula is C7H13IN2. The largest absolute Gasteiger partial charge is 0.369 e. The van der Waals surface area contributed by atoms with E-state index in [0.717, 1.165) is 6.67 Å². The van der Waals surface area contributed by atoms with Crippen molar-refractivity contribution in [3.63, 3.8) is 0 Å². The Bertz CT molecular complexity index is 154. The molecule has 0 aromatic heterocycles. The van der Waals surface area contributed by atoms with Gasteiger partial charge >= 0.3 is 0 Å². The van der Waals surface area contributed by atoms with Crippen LogP contribution in [-0.2, 0) is 0 Å². The number of allylic oxidation sites excluding steroid dienone is 2. The van der Waals surface area contributed by atoms with Crippen molar-refractivity contribution in [2.75, 3.05) is 6.67 Å². The number of hydrogen-bond donors (Lipinski definition) is 1. The summed E-state index contributed by atoms with van der Waals surface area (Å²) in [6, 6.07) is 0. The minimum absolute atomic E-state index is 0.974. The summed E-state index contributed by atoms with van der Waals surface area (Å²) in [7, 11) is 0. The molecule has 2 nitrogen and oxygen atoms in total. The Balaban J connectivity index is 2.56. The second-order valence-corrected chi connectivity index (χ2v) is 3.68. The average molecular weight is 252 g/mol. The first-order chi connectivity index (χ1) is 4.75. The minimum Gasteiger partial charge on any atom is -0.369 e. The van der Waals surface area contributed by atoms with Crippen molar-refractivity contribution in [2.24, 2.45) is 0 Å². The maximum atomic E-state index is 3.36. The molecule has 0 saturated heterocycles. The van der Waals surface area contributed by atoms with Crippen molar-refractivity contribution in [3.8, 4) is 0 Å². The molecule has 0 aromatic rings. The molecule has 0 aromatic carbocycles. The first kappa shape index (κ1) is 8.17. The number of nitrogens with one attached hydrogen (secondary N) is 1. The number of hydrogen-bond acceptors (Lipinski definition) is 2. The van der Waals surface area contributed by atoms with E-state index in [0.29, 0.717) is 0 Å². The van der Waals surface area contributed by atoms with Crippen LogP contribution in [0.15, 0.2) is 11.4 Å². The fourth-order valence-electron chi connectivity index (χ4n) is 1.08. The molecule has 1 rings (SSSR count). The van der Waals surface area contributed by atoms with Gasteiger partial charge in [0.25, 0.3) is 0 Å². The summed E-state index contributed by atoms with van der Waals surface area (Å²) in [4.78, 5) is 0. The predicted molar refractivity (Wildman–Crippen MR) is 51.5 cm³/mol. The van der Waals surface area contributed by atoms with Crippen LogP contribution in [0.4, 0.5) is 0 Å². The lowest BCUT2D eigenvalue weighted by atomic mass is 10.2. The predicted octanol–water partition coefficient (Wildman–Crippen LogP) is 2.23. The molecule has 1 heterocycles. The van der Waals surface area contributed by atoms with Crippen molar-refractivity contribution in [3.05, 3.63) is 11.4 Å². The third-order valence-electron chi connectivity index (χ3n) is 1.73. The van der Waals surface area contributed by atoms with Crippen molar-refractivity contribution < 1.29 is 0 Å². The Hall–Kier alpha value is 0.0700. The third-order valence-corrected chi connectivity index (χ3v) is 2.80. The lowest BCUT2D eigenvalue weighted by molar-refractivity contribution is 0.635. The first-order valence-electron chi connectivity index (χ1n) is 3.62. The number of rotatable bonds is 2. The molecule has 3 heteroatoms. The van der Waals surface area contributed by atoms with Crippen LogP contribution in [0.2, 0.25) is 0 Å². The van der Waals surface area contributed by atoms with Gasteiger partial charge in [-0.15, -0.1) is 0 Å². The minimum atomic E-state index is 0.974. The number of halogens is 1. The van der Waals surface area contributed by atoms with Gasteiger partial charge in [0.2, 0.25) is 0 Å². The highest BCUT2D eigenvalue weighted by Gasteiger charge is 2.13. The van der Waals surface area contributed by atoms with E-state index in [4.69, 9.17) is 0 Å². The highest BCUT2D eigenvalue weighted by atomic mass is 127. The standard InChI is InChI=1S/C7H13IN2/c1-3-4-7-6(2)10(8)5-9-7/h9H,3-5H2,1-2H3. The van der Waals surface area contributed by atoms with Crippen LogP contribution in [0, 0.1) is 0 Å². The molecule has 0 atom stereocenters. The molecule has 0 aliphatic carbocycles. The first-order valence-corrected chi connectivity index (χ1v) is 4.59. The summed E-state index contributed by atoms with van der Waals surface area (Å²) in [6.07, 6.45) is 2.41. The Morgan fingerprint density at radius 2 is 2.40 bits per heavy atom. The Kier molecular flexibility index (Phi) is 2.82. The summed E-state index contributed by atoms with van der Waals surface area (Å²) >= 11 is 2.33. The summed E-state index contributed by atoms with van der Waals surface area (Å²) in [5.41, 5.74) is 2.80. The zero-order chi connectivity index (χ0) is 7.56. The summed E-state index contributed by atoms with van der Waals surface area (Å²) < 4.78 is 2.21. The number of nitrogens with zero attached hydrogens (tertiary/aromatic N) is 1. The van der Waals surface area contributed by atoms with Gasteiger partial charge in [0.05, 0.1) is 29.5 Å². The lowest BCUT2D eigenvalue weighted by Gasteiger charge is -2.05. The molecule has 1 aliphatic heterocycles. The molecule has 0 spiro atoms. The normalized spacial score (nSPS) is 18.1. The smallest absolute Gasteiger partial charge is 0.0967 e. The van der Waals surface area contributed by atoms with E-state index in [9.17, 15) is 0 Å². The molecule has 10 heavy (non-hydrogen) atoms. The topological polar surface area (TPSA) is 15.3 Å². The van der Waals surface area contributed by atoms with Gasteiger partial charge in [0.1, 0.15) is 0 Å². The average Bonchev–Trinajstić information content (AvgIpc) is 2.20. The van der Waals surface area contributed by atoms with Crippen LogP contribution in [0.25, 0.3) is 0 Å². The van der Waals surface area contributed by atoms with Gasteiger partial charge in [0, 0.05) is 11.4 Å². The van der Waals surface area contributed by atoms with Crippen molar-refractivity contribution in [1.82, 2.24) is 8.43 Å². The van der Waals surface area contributed by atoms with Gasteiger partial charge in [-0.2, -0.15) is 0 Å². The van der Waals surface area contributed by atoms with E-state index in [-0.39, 0.29) is 0 Å². The van der Waals surface area contributed by atoms with Crippen LogP contribution in [0.1, 0.15) is 26.7 Å². The third kappa shape index (κ3) is 1.56. The van der Waals surface area contributed by atoms with Gasteiger partial charge in [-0.05, 0) is 13.3 Å². The van der Waals surface area contributed by atoms with E-state index in [1.807, 2.05) is 0 Å². The Labute approximate surface area is 76.2 Å². The van der Waals surface area contributed by atoms with E-state index in [1.54, 1.807) is 0 Å². The molecule has 1 N–H and O–H groups in total. The zero-order valence-corrected chi connectivity index (χ0v) is 8.60.